The Kier molecular flexibility index (Phi) is 8.57. The van der Waals surface area contributed by atoms with Crippen LogP contribution >= 0.6 is 0 Å². The lowest BCUT2D eigenvalue weighted by molar-refractivity contribution is -0.153. The number of ether oxygens (including phenoxy) is 1. The summed E-state index contributed by atoms with van der Waals surface area (Å²) in [5.74, 6) is -0.938. The lowest BCUT2D eigenvalue weighted by Crippen LogP contribution is -2.28. The summed E-state index contributed by atoms with van der Waals surface area (Å²) in [4.78, 5) is 13.8. The number of carboxylic acids is 1. The second-order valence-electron chi connectivity index (χ2n) is 11.6. The molecule has 44 heavy (non-hydrogen) atoms. The van der Waals surface area contributed by atoms with Crippen LogP contribution in [0, 0.1) is 6.92 Å². The maximum atomic E-state index is 13.3. The topological polar surface area (TPSA) is 62.9 Å². The molecule has 0 aliphatic carbocycles. The monoisotopic (exact) mass is 601 g/mol. The van der Waals surface area contributed by atoms with Crippen LogP contribution in [-0.4, -0.2) is 23.1 Å². The Labute approximate surface area is 254 Å². The van der Waals surface area contributed by atoms with Gasteiger partial charge in [0.15, 0.2) is 0 Å². The highest BCUT2D eigenvalue weighted by molar-refractivity contribution is 5.87. The fourth-order valence-corrected chi connectivity index (χ4v) is 5.37. The molecule has 0 atom stereocenters. The number of fused-ring (bicyclic) bond motifs is 1. The first-order valence-electron chi connectivity index (χ1n) is 14.2. The van der Waals surface area contributed by atoms with Crippen LogP contribution in [0.2, 0.25) is 0 Å². The number of aliphatic carboxylic acids is 1. The summed E-state index contributed by atoms with van der Waals surface area (Å²) >= 11 is 0. The van der Waals surface area contributed by atoms with Crippen molar-refractivity contribution < 1.29 is 32.2 Å². The Morgan fingerprint density at radius 2 is 1.61 bits per heavy atom. The summed E-state index contributed by atoms with van der Waals surface area (Å²) in [5, 5.41) is 11.7. The molecule has 0 aliphatic heterocycles. The Bertz CT molecular complexity index is 1790. The number of rotatable bonds is 10. The number of hydrogen-bond donors (Lipinski definition) is 1. The first-order valence-corrected chi connectivity index (χ1v) is 14.2. The van der Waals surface area contributed by atoms with E-state index >= 15 is 0 Å². The van der Waals surface area contributed by atoms with Crippen LogP contribution < -0.4 is 4.74 Å². The van der Waals surface area contributed by atoms with Crippen molar-refractivity contribution in [3.63, 3.8) is 0 Å². The minimum Gasteiger partial charge on any atom is -0.497 e. The minimum atomic E-state index is -4.55. The third kappa shape index (κ3) is 6.81. The van der Waals surface area contributed by atoms with E-state index in [9.17, 15) is 23.1 Å². The van der Waals surface area contributed by atoms with E-state index in [0.717, 1.165) is 50.4 Å². The number of furan rings is 1. The molecule has 0 unspecified atom stereocenters. The summed E-state index contributed by atoms with van der Waals surface area (Å²) in [6.45, 7) is 6.48. The van der Waals surface area contributed by atoms with Gasteiger partial charge >= 0.3 is 12.1 Å². The Hall–Kier alpha value is -4.56. The number of alkyl halides is 3. The van der Waals surface area contributed by atoms with Gasteiger partial charge in [0.2, 0.25) is 5.76 Å². The summed E-state index contributed by atoms with van der Waals surface area (Å²) in [7, 11) is 1.62. The van der Waals surface area contributed by atoms with Gasteiger partial charge in [0.25, 0.3) is 0 Å². The number of aryl methyl sites for hydroxylation is 1. The average Bonchev–Trinajstić information content (AvgIpc) is 3.46. The van der Waals surface area contributed by atoms with Crippen molar-refractivity contribution >= 4 is 16.7 Å². The molecule has 1 heterocycles. The molecule has 0 amide bonds. The predicted molar refractivity (Wildman–Crippen MR) is 164 cm³/mol. The van der Waals surface area contributed by atoms with Gasteiger partial charge in [0, 0.05) is 13.1 Å². The van der Waals surface area contributed by atoms with Gasteiger partial charge in [0.1, 0.15) is 11.5 Å². The minimum absolute atomic E-state index is 0.176. The largest absolute Gasteiger partial charge is 0.497 e. The number of nitrogens with zero attached hydrogens (tertiary/aromatic N) is 1. The highest BCUT2D eigenvalue weighted by Crippen LogP contribution is 2.33. The zero-order chi connectivity index (χ0) is 31.6. The normalized spacial score (nSPS) is 12.2. The molecule has 5 aromatic rings. The molecule has 0 aliphatic rings. The van der Waals surface area contributed by atoms with E-state index in [1.165, 1.54) is 6.07 Å². The van der Waals surface area contributed by atoms with Gasteiger partial charge < -0.3 is 14.3 Å². The van der Waals surface area contributed by atoms with E-state index in [4.69, 9.17) is 9.15 Å². The highest BCUT2D eigenvalue weighted by Gasteiger charge is 2.35. The number of carbonyl (C=O) groups is 1. The van der Waals surface area contributed by atoms with Crippen molar-refractivity contribution in [1.29, 1.82) is 0 Å². The third-order valence-electron chi connectivity index (χ3n) is 7.92. The highest BCUT2D eigenvalue weighted by atomic mass is 19.4. The molecule has 0 bridgehead atoms. The number of hydrogen-bond acceptors (Lipinski definition) is 4. The van der Waals surface area contributed by atoms with E-state index in [1.54, 1.807) is 21.0 Å². The molecule has 1 N–H and O–H groups in total. The van der Waals surface area contributed by atoms with Gasteiger partial charge in [-0.05, 0) is 83.6 Å². The van der Waals surface area contributed by atoms with E-state index in [-0.39, 0.29) is 12.3 Å². The maximum absolute atomic E-state index is 13.3. The van der Waals surface area contributed by atoms with Gasteiger partial charge in [-0.2, -0.15) is 13.2 Å². The number of halogens is 3. The predicted octanol–water partition coefficient (Wildman–Crippen LogP) is 9.00. The van der Waals surface area contributed by atoms with Gasteiger partial charge in [-0.25, -0.2) is 0 Å². The Balaban J connectivity index is 1.44. The van der Waals surface area contributed by atoms with Crippen LogP contribution in [0.1, 0.15) is 47.6 Å². The van der Waals surface area contributed by atoms with Crippen LogP contribution in [0.4, 0.5) is 13.2 Å². The zero-order valence-corrected chi connectivity index (χ0v) is 25.0. The number of methoxy groups -OCH3 is 1. The van der Waals surface area contributed by atoms with Crippen molar-refractivity contribution in [2.45, 2.75) is 52.0 Å². The van der Waals surface area contributed by atoms with Gasteiger partial charge in [0.05, 0.1) is 19.1 Å². The van der Waals surface area contributed by atoms with E-state index in [2.05, 4.69) is 17.0 Å². The molecule has 0 radical (unpaired) electrons. The SMILES string of the molecule is COc1ccc2c(CN(Cc3ccc(-c4cccc(C(C)(C)C(=O)O)c4)cc3)Cc3ccc(C(F)(F)F)o3)cc(C)cc2c1. The summed E-state index contributed by atoms with van der Waals surface area (Å²) < 4.78 is 50.4. The van der Waals surface area contributed by atoms with Gasteiger partial charge in [-0.3, -0.25) is 9.69 Å². The smallest absolute Gasteiger partial charge is 0.449 e. The molecular formula is C36H34F3NO4. The molecule has 8 heteroatoms. The van der Waals surface area contributed by atoms with E-state index in [0.29, 0.717) is 18.7 Å². The van der Waals surface area contributed by atoms with Gasteiger partial charge in [-0.15, -0.1) is 0 Å². The quantitative estimate of drug-likeness (QED) is 0.173. The number of carboxylic acid groups (broad SMARTS) is 1. The Morgan fingerprint density at radius 3 is 2.27 bits per heavy atom. The fraction of sp³-hybridized carbons (Fsp3) is 0.250. The van der Waals surface area contributed by atoms with Crippen LogP contribution in [0.15, 0.2) is 95.4 Å². The average molecular weight is 602 g/mol. The van der Waals surface area contributed by atoms with Crippen LogP contribution in [0.3, 0.4) is 0 Å². The summed E-state index contributed by atoms with van der Waals surface area (Å²) in [5.41, 5.74) is 4.59. The fourth-order valence-electron chi connectivity index (χ4n) is 5.37. The summed E-state index contributed by atoms with van der Waals surface area (Å²) in [6.07, 6.45) is -4.55. The van der Waals surface area contributed by atoms with E-state index in [1.807, 2.05) is 73.7 Å². The first kappa shape index (κ1) is 30.9. The van der Waals surface area contributed by atoms with Gasteiger partial charge in [-0.1, -0.05) is 72.3 Å². The second kappa shape index (κ2) is 12.2. The molecule has 228 valence electrons. The first-order chi connectivity index (χ1) is 20.8. The third-order valence-corrected chi connectivity index (χ3v) is 7.92. The zero-order valence-electron chi connectivity index (χ0n) is 25.0. The van der Waals surface area contributed by atoms with Crippen molar-refractivity contribution in [2.75, 3.05) is 7.11 Å². The lowest BCUT2D eigenvalue weighted by atomic mass is 9.83. The molecule has 1 aromatic heterocycles. The molecule has 0 saturated heterocycles. The molecule has 5 rings (SSSR count). The maximum Gasteiger partial charge on any atom is 0.449 e. The summed E-state index contributed by atoms with van der Waals surface area (Å²) in [6, 6.07) is 27.8. The standard InChI is InChI=1S/C36H34F3NO4/c1-23-16-27-19-30(43-4)12-14-32(27)28(17-23)21-40(22-31-13-15-33(44-31)36(37,38)39)20-24-8-10-25(11-9-24)26-6-5-7-29(18-26)35(2,3)34(41)42/h5-19H,20-22H2,1-4H3,(H,41,42). The molecule has 4 aromatic carbocycles. The van der Waals surface area contributed by atoms with E-state index < -0.39 is 23.3 Å². The van der Waals surface area contributed by atoms with Crippen molar-refractivity contribution in [3.05, 3.63) is 125 Å². The number of benzene rings is 4. The Morgan fingerprint density at radius 1 is 0.864 bits per heavy atom. The van der Waals surface area contributed by atoms with Crippen molar-refractivity contribution in [1.82, 2.24) is 4.90 Å². The lowest BCUT2D eigenvalue weighted by Gasteiger charge is -2.23. The molecule has 5 nitrogen and oxygen atoms in total. The molecule has 0 fully saturated rings. The molecular weight excluding hydrogens is 567 g/mol. The van der Waals surface area contributed by atoms with Crippen LogP contribution in [0.5, 0.6) is 5.75 Å². The molecule has 0 spiro atoms. The van der Waals surface area contributed by atoms with Crippen LogP contribution in [-0.2, 0) is 36.0 Å². The van der Waals surface area contributed by atoms with Crippen molar-refractivity contribution in [2.24, 2.45) is 0 Å². The van der Waals surface area contributed by atoms with Crippen molar-refractivity contribution in [3.8, 4) is 16.9 Å². The molecule has 0 saturated carbocycles. The van der Waals surface area contributed by atoms with Crippen LogP contribution in [0.25, 0.3) is 21.9 Å². The second-order valence-corrected chi connectivity index (χ2v) is 11.6.